The van der Waals surface area contributed by atoms with Gasteiger partial charge in [-0.05, 0) is 18.3 Å². The number of rotatable bonds is 3. The minimum Gasteiger partial charge on any atom is -0.447 e. The molecule has 4 nitrogen and oxygen atoms in total. The van der Waals surface area contributed by atoms with Crippen molar-refractivity contribution in [2.24, 2.45) is 5.41 Å². The first-order chi connectivity index (χ1) is 7.46. The molecule has 0 radical (unpaired) electrons. The Balaban J connectivity index is 2.48. The first kappa shape index (κ1) is 13.3. The van der Waals surface area contributed by atoms with Crippen LogP contribution in [0.15, 0.2) is 0 Å². The van der Waals surface area contributed by atoms with Crippen LogP contribution in [0, 0.1) is 5.41 Å². The second-order valence-electron chi connectivity index (χ2n) is 5.32. The summed E-state index contributed by atoms with van der Waals surface area (Å²) in [6, 6.07) is 0.294. The average Bonchev–Trinajstić information content (AvgIpc) is 2.65. The minimum absolute atomic E-state index is 0.122. The average molecular weight is 229 g/mol. The molecule has 0 aromatic heterocycles. The van der Waals surface area contributed by atoms with E-state index in [1.54, 1.807) is 7.11 Å². The molecule has 1 saturated heterocycles. The van der Waals surface area contributed by atoms with Gasteiger partial charge < -0.3 is 14.4 Å². The molecule has 1 aliphatic rings. The molecule has 4 heteroatoms. The number of methoxy groups -OCH3 is 1. The highest BCUT2D eigenvalue weighted by Gasteiger charge is 2.37. The van der Waals surface area contributed by atoms with Crippen LogP contribution >= 0.6 is 0 Å². The summed E-state index contributed by atoms with van der Waals surface area (Å²) >= 11 is 0. The van der Waals surface area contributed by atoms with Crippen LogP contribution in [0.3, 0.4) is 0 Å². The van der Waals surface area contributed by atoms with Gasteiger partial charge in [-0.1, -0.05) is 20.8 Å². The fourth-order valence-corrected chi connectivity index (χ4v) is 2.18. The van der Waals surface area contributed by atoms with E-state index in [2.05, 4.69) is 20.8 Å². The fraction of sp³-hybridized carbons (Fsp3) is 0.917. The number of hydrogen-bond acceptors (Lipinski definition) is 3. The molecule has 0 spiro atoms. The number of carbonyl (C=O) groups excluding carboxylic acids is 1. The Bertz CT molecular complexity index is 235. The van der Waals surface area contributed by atoms with E-state index < -0.39 is 0 Å². The van der Waals surface area contributed by atoms with Crippen molar-refractivity contribution in [3.05, 3.63) is 0 Å². The van der Waals surface area contributed by atoms with E-state index in [0.717, 1.165) is 19.4 Å². The first-order valence-electron chi connectivity index (χ1n) is 5.89. The Morgan fingerprint density at radius 2 is 2.06 bits per heavy atom. The van der Waals surface area contributed by atoms with Gasteiger partial charge in [0.1, 0.15) is 6.61 Å². The topological polar surface area (TPSA) is 38.8 Å². The van der Waals surface area contributed by atoms with E-state index in [-0.39, 0.29) is 11.5 Å². The molecule has 0 saturated carbocycles. The quantitative estimate of drug-likeness (QED) is 0.697. The largest absolute Gasteiger partial charge is 0.447 e. The number of likely N-dealkylation sites (tertiary alicyclic amines) is 1. The summed E-state index contributed by atoms with van der Waals surface area (Å²) in [7, 11) is 1.60. The third-order valence-corrected chi connectivity index (χ3v) is 3.00. The monoisotopic (exact) mass is 229 g/mol. The third-order valence-electron chi connectivity index (χ3n) is 3.00. The van der Waals surface area contributed by atoms with Crippen LogP contribution in [0.5, 0.6) is 0 Å². The number of ether oxygens (including phenoxy) is 2. The molecule has 1 heterocycles. The zero-order valence-electron chi connectivity index (χ0n) is 10.8. The molecule has 0 aromatic rings. The van der Waals surface area contributed by atoms with E-state index in [9.17, 15) is 4.79 Å². The minimum atomic E-state index is -0.200. The van der Waals surface area contributed by atoms with Crippen molar-refractivity contribution in [3.8, 4) is 0 Å². The number of carbonyl (C=O) groups is 1. The number of amides is 1. The first-order valence-corrected chi connectivity index (χ1v) is 5.89. The summed E-state index contributed by atoms with van der Waals surface area (Å²) in [5.41, 5.74) is 0.122. The maximum absolute atomic E-state index is 11.8. The molecule has 0 aliphatic carbocycles. The molecule has 1 amide bonds. The molecule has 1 unspecified atom stereocenters. The third kappa shape index (κ3) is 3.37. The summed E-state index contributed by atoms with van der Waals surface area (Å²) < 4.78 is 10.0. The Labute approximate surface area is 97.9 Å². The van der Waals surface area contributed by atoms with Crippen LogP contribution < -0.4 is 0 Å². The van der Waals surface area contributed by atoms with Gasteiger partial charge in [0.15, 0.2) is 0 Å². The Hall–Kier alpha value is -0.770. The molecule has 1 rings (SSSR count). The van der Waals surface area contributed by atoms with Gasteiger partial charge in [0.05, 0.1) is 6.61 Å². The second-order valence-corrected chi connectivity index (χ2v) is 5.32. The van der Waals surface area contributed by atoms with Crippen molar-refractivity contribution >= 4 is 6.09 Å². The highest BCUT2D eigenvalue weighted by molar-refractivity contribution is 5.68. The Morgan fingerprint density at radius 1 is 1.38 bits per heavy atom. The smallest absolute Gasteiger partial charge is 0.410 e. The highest BCUT2D eigenvalue weighted by atomic mass is 16.6. The highest BCUT2D eigenvalue weighted by Crippen LogP contribution is 2.32. The van der Waals surface area contributed by atoms with Crippen molar-refractivity contribution in [2.75, 3.05) is 26.9 Å². The summed E-state index contributed by atoms with van der Waals surface area (Å²) in [6.07, 6.45) is 1.94. The van der Waals surface area contributed by atoms with Gasteiger partial charge in [0.25, 0.3) is 0 Å². The maximum Gasteiger partial charge on any atom is 0.410 e. The molecule has 94 valence electrons. The molecule has 0 aromatic carbocycles. The van der Waals surface area contributed by atoms with E-state index >= 15 is 0 Å². The molecule has 0 bridgehead atoms. The lowest BCUT2D eigenvalue weighted by atomic mass is 9.85. The molecule has 1 atom stereocenters. The van der Waals surface area contributed by atoms with Gasteiger partial charge in [-0.3, -0.25) is 0 Å². The van der Waals surface area contributed by atoms with Gasteiger partial charge in [-0.2, -0.15) is 0 Å². The summed E-state index contributed by atoms with van der Waals surface area (Å²) in [6.45, 7) is 8.10. The van der Waals surface area contributed by atoms with E-state index in [1.807, 2.05) is 4.90 Å². The summed E-state index contributed by atoms with van der Waals surface area (Å²) in [5, 5.41) is 0. The molecule has 1 fully saturated rings. The molecular weight excluding hydrogens is 206 g/mol. The predicted molar refractivity (Wildman–Crippen MR) is 62.4 cm³/mol. The standard InChI is InChI=1S/C12H23NO3/c1-12(2,3)10-6-5-7-13(10)11(14)16-9-8-15-4/h10H,5-9H2,1-4H3. The molecule has 16 heavy (non-hydrogen) atoms. The molecule has 0 N–H and O–H groups in total. The van der Waals surface area contributed by atoms with E-state index in [4.69, 9.17) is 9.47 Å². The van der Waals surface area contributed by atoms with Crippen LogP contribution in [0.1, 0.15) is 33.6 Å². The lowest BCUT2D eigenvalue weighted by molar-refractivity contribution is 0.0546. The van der Waals surface area contributed by atoms with Crippen LogP contribution in [0.2, 0.25) is 0 Å². The number of nitrogens with zero attached hydrogens (tertiary/aromatic N) is 1. The Kier molecular flexibility index (Phi) is 4.59. The maximum atomic E-state index is 11.8. The van der Waals surface area contributed by atoms with Crippen molar-refractivity contribution < 1.29 is 14.3 Å². The van der Waals surface area contributed by atoms with Gasteiger partial charge in [0, 0.05) is 19.7 Å². The van der Waals surface area contributed by atoms with Crippen LogP contribution in [0.4, 0.5) is 4.79 Å². The normalized spacial score (nSPS) is 21.2. The Morgan fingerprint density at radius 3 is 2.62 bits per heavy atom. The molecular formula is C12H23NO3. The van der Waals surface area contributed by atoms with Crippen molar-refractivity contribution in [1.29, 1.82) is 0 Å². The van der Waals surface area contributed by atoms with E-state index in [0.29, 0.717) is 19.3 Å². The lowest BCUT2D eigenvalue weighted by Crippen LogP contribution is -2.43. The lowest BCUT2D eigenvalue weighted by Gasteiger charge is -2.34. The van der Waals surface area contributed by atoms with Gasteiger partial charge >= 0.3 is 6.09 Å². The molecule has 1 aliphatic heterocycles. The summed E-state index contributed by atoms with van der Waals surface area (Å²) in [4.78, 5) is 13.7. The zero-order chi connectivity index (χ0) is 12.2. The van der Waals surface area contributed by atoms with Gasteiger partial charge in [0.2, 0.25) is 0 Å². The van der Waals surface area contributed by atoms with Crippen LogP contribution in [-0.4, -0.2) is 43.9 Å². The van der Waals surface area contributed by atoms with Gasteiger partial charge in [-0.15, -0.1) is 0 Å². The summed E-state index contributed by atoms with van der Waals surface area (Å²) in [5.74, 6) is 0. The second kappa shape index (κ2) is 5.53. The SMILES string of the molecule is COCCOC(=O)N1CCCC1C(C)(C)C. The van der Waals surface area contributed by atoms with E-state index in [1.165, 1.54) is 0 Å². The number of hydrogen-bond donors (Lipinski definition) is 0. The van der Waals surface area contributed by atoms with Crippen molar-refractivity contribution in [3.63, 3.8) is 0 Å². The van der Waals surface area contributed by atoms with Crippen LogP contribution in [-0.2, 0) is 9.47 Å². The predicted octanol–water partition coefficient (Wildman–Crippen LogP) is 2.28. The van der Waals surface area contributed by atoms with Crippen LogP contribution in [0.25, 0.3) is 0 Å². The zero-order valence-corrected chi connectivity index (χ0v) is 10.8. The fourth-order valence-electron chi connectivity index (χ4n) is 2.18. The van der Waals surface area contributed by atoms with Crippen molar-refractivity contribution in [2.45, 2.75) is 39.7 Å². The van der Waals surface area contributed by atoms with Gasteiger partial charge in [-0.25, -0.2) is 4.79 Å². The van der Waals surface area contributed by atoms with Crippen molar-refractivity contribution in [1.82, 2.24) is 4.90 Å².